The zero-order valence-electron chi connectivity index (χ0n) is 19.5. The largest absolute Gasteiger partial charge is 0.508 e. The second-order valence-electron chi connectivity index (χ2n) is 8.66. The Hall–Kier alpha value is -4.19. The number of carbonyl (C=O) groups is 1. The Morgan fingerprint density at radius 2 is 1.94 bits per heavy atom. The van der Waals surface area contributed by atoms with Gasteiger partial charge in [0.1, 0.15) is 11.4 Å². The third kappa shape index (κ3) is 5.32. The van der Waals surface area contributed by atoms with Crippen LogP contribution in [0.4, 0.5) is 5.69 Å². The minimum absolute atomic E-state index is 0.138. The van der Waals surface area contributed by atoms with Gasteiger partial charge in [0.25, 0.3) is 5.91 Å². The summed E-state index contributed by atoms with van der Waals surface area (Å²) in [4.78, 5) is 25.8. The van der Waals surface area contributed by atoms with Crippen molar-refractivity contribution >= 4 is 17.2 Å². The molecule has 35 heavy (non-hydrogen) atoms. The number of hydrogen-bond donors (Lipinski definition) is 2. The first-order chi connectivity index (χ1) is 17.0. The van der Waals surface area contributed by atoms with Gasteiger partial charge in [-0.15, -0.1) is 0 Å². The molecule has 8 nitrogen and oxygen atoms in total. The van der Waals surface area contributed by atoms with Crippen LogP contribution in [0, 0.1) is 11.8 Å². The van der Waals surface area contributed by atoms with Crippen LogP contribution in [0.25, 0.3) is 5.65 Å². The smallest absolute Gasteiger partial charge is 0.255 e. The molecule has 1 aliphatic heterocycles. The molecule has 1 amide bonds. The number of fused-ring (bicyclic) bond motifs is 1. The molecule has 0 radical (unpaired) electrons. The van der Waals surface area contributed by atoms with Crippen molar-refractivity contribution in [3.05, 3.63) is 89.6 Å². The Balaban J connectivity index is 1.26. The summed E-state index contributed by atoms with van der Waals surface area (Å²) >= 11 is 0. The van der Waals surface area contributed by atoms with Crippen LogP contribution in [-0.2, 0) is 6.54 Å². The predicted octanol–water partition coefficient (Wildman–Crippen LogP) is 2.83. The van der Waals surface area contributed by atoms with Gasteiger partial charge in [-0.3, -0.25) is 19.1 Å². The lowest BCUT2D eigenvalue weighted by Gasteiger charge is -2.32. The monoisotopic (exact) mass is 466 g/mol. The molecule has 176 valence electrons. The zero-order chi connectivity index (χ0) is 24.2. The van der Waals surface area contributed by atoms with Crippen molar-refractivity contribution in [3.63, 3.8) is 0 Å². The molecule has 0 unspecified atom stereocenters. The van der Waals surface area contributed by atoms with E-state index in [-0.39, 0.29) is 11.7 Å². The normalized spacial score (nSPS) is 14.4. The van der Waals surface area contributed by atoms with Gasteiger partial charge in [-0.25, -0.2) is 4.98 Å². The lowest BCUT2D eigenvalue weighted by molar-refractivity contribution is 0.102. The van der Waals surface area contributed by atoms with Crippen LogP contribution in [0.2, 0.25) is 0 Å². The Kier molecular flexibility index (Phi) is 6.44. The van der Waals surface area contributed by atoms with Gasteiger partial charge in [0.2, 0.25) is 0 Å². The predicted molar refractivity (Wildman–Crippen MR) is 134 cm³/mol. The van der Waals surface area contributed by atoms with Crippen LogP contribution in [-0.4, -0.2) is 68.4 Å². The fourth-order valence-corrected chi connectivity index (χ4v) is 4.03. The van der Waals surface area contributed by atoms with Crippen molar-refractivity contribution < 1.29 is 9.90 Å². The molecule has 1 fully saturated rings. The van der Waals surface area contributed by atoms with Gasteiger partial charge in [0.05, 0.1) is 12.4 Å². The summed E-state index contributed by atoms with van der Waals surface area (Å²) in [7, 11) is 2.12. The van der Waals surface area contributed by atoms with E-state index in [1.807, 2.05) is 40.9 Å². The van der Waals surface area contributed by atoms with Crippen LogP contribution >= 0.6 is 0 Å². The second kappa shape index (κ2) is 9.97. The standard InChI is InChI=1S/C27H26N6O2/c1-31-11-13-32(14-12-31)19-22-7-6-21(16-25(22)34)27(35)30-23-4-2-3-20(15-23)5-8-24-17-29-26-18-28-9-10-33(24)26/h2-4,6-7,9-10,15-18,34H,11-14,19H2,1H3,(H,30,35). The van der Waals surface area contributed by atoms with E-state index in [9.17, 15) is 9.90 Å². The summed E-state index contributed by atoms with van der Waals surface area (Å²) in [5.41, 5.74) is 4.11. The maximum atomic E-state index is 12.8. The third-order valence-corrected chi connectivity index (χ3v) is 6.11. The molecule has 2 N–H and O–H groups in total. The SMILES string of the molecule is CN1CCN(Cc2ccc(C(=O)Nc3cccc(C#Cc4cnc5cnccn45)c3)cc2O)CC1. The van der Waals surface area contributed by atoms with Crippen LogP contribution in [0.15, 0.2) is 67.3 Å². The molecule has 0 bridgehead atoms. The molecule has 2 aromatic carbocycles. The number of hydrogen-bond acceptors (Lipinski definition) is 6. The van der Waals surface area contributed by atoms with Gasteiger partial charge >= 0.3 is 0 Å². The highest BCUT2D eigenvalue weighted by atomic mass is 16.3. The van der Waals surface area contributed by atoms with Gasteiger partial charge in [0, 0.05) is 67.5 Å². The minimum atomic E-state index is -0.286. The lowest BCUT2D eigenvalue weighted by Crippen LogP contribution is -2.43. The average Bonchev–Trinajstić information content (AvgIpc) is 3.28. The number of phenols is 1. The molecule has 8 heteroatoms. The zero-order valence-corrected chi connectivity index (χ0v) is 19.5. The fourth-order valence-electron chi connectivity index (χ4n) is 4.03. The van der Waals surface area contributed by atoms with Crippen molar-refractivity contribution in [2.45, 2.75) is 6.54 Å². The topological polar surface area (TPSA) is 86.0 Å². The number of rotatable bonds is 4. The van der Waals surface area contributed by atoms with E-state index in [0.717, 1.165) is 48.6 Å². The van der Waals surface area contributed by atoms with E-state index >= 15 is 0 Å². The first-order valence-corrected chi connectivity index (χ1v) is 11.5. The number of aromatic hydroxyl groups is 1. The fraction of sp³-hybridized carbons (Fsp3) is 0.222. The Labute approximate surface area is 203 Å². The summed E-state index contributed by atoms with van der Waals surface area (Å²) < 4.78 is 1.87. The molecule has 0 spiro atoms. The number of anilines is 1. The van der Waals surface area contributed by atoms with E-state index < -0.39 is 0 Å². The molecule has 1 aliphatic rings. The van der Waals surface area contributed by atoms with Crippen molar-refractivity contribution in [1.82, 2.24) is 24.2 Å². The maximum absolute atomic E-state index is 12.8. The molecule has 2 aromatic heterocycles. The highest BCUT2D eigenvalue weighted by Crippen LogP contribution is 2.22. The molecular formula is C27H26N6O2. The van der Waals surface area contributed by atoms with Gasteiger partial charge in [-0.2, -0.15) is 0 Å². The van der Waals surface area contributed by atoms with Crippen molar-refractivity contribution in [3.8, 4) is 17.6 Å². The van der Waals surface area contributed by atoms with Crippen LogP contribution in [0.1, 0.15) is 27.2 Å². The van der Waals surface area contributed by atoms with Crippen molar-refractivity contribution in [1.29, 1.82) is 0 Å². The summed E-state index contributed by atoms with van der Waals surface area (Å²) in [6, 6.07) is 12.5. The summed E-state index contributed by atoms with van der Waals surface area (Å²) in [5, 5.41) is 13.4. The molecule has 5 rings (SSSR count). The number of imidazole rings is 1. The highest BCUT2D eigenvalue weighted by Gasteiger charge is 2.16. The Morgan fingerprint density at radius 3 is 2.77 bits per heavy atom. The number of carbonyl (C=O) groups excluding carboxylic acids is 1. The number of likely N-dealkylation sites (N-methyl/N-ethyl adjacent to an activating group) is 1. The number of benzene rings is 2. The molecule has 0 saturated carbocycles. The van der Waals surface area contributed by atoms with E-state index in [1.165, 1.54) is 6.07 Å². The van der Waals surface area contributed by atoms with Gasteiger partial charge in [-0.05, 0) is 43.3 Å². The van der Waals surface area contributed by atoms with E-state index in [0.29, 0.717) is 17.8 Å². The van der Waals surface area contributed by atoms with Crippen molar-refractivity contribution in [2.24, 2.45) is 0 Å². The second-order valence-corrected chi connectivity index (χ2v) is 8.66. The number of piperazine rings is 1. The number of aromatic nitrogens is 3. The summed E-state index contributed by atoms with van der Waals surface area (Å²) in [6.07, 6.45) is 6.88. The molecule has 3 heterocycles. The number of phenolic OH excluding ortho intramolecular Hbond substituents is 1. The van der Waals surface area contributed by atoms with Crippen LogP contribution in [0.5, 0.6) is 5.75 Å². The van der Waals surface area contributed by atoms with Gasteiger partial charge < -0.3 is 15.3 Å². The summed E-state index contributed by atoms with van der Waals surface area (Å²) in [6.45, 7) is 4.63. The minimum Gasteiger partial charge on any atom is -0.508 e. The average molecular weight is 467 g/mol. The number of nitrogens with zero attached hydrogens (tertiary/aromatic N) is 5. The van der Waals surface area contributed by atoms with Crippen molar-refractivity contribution in [2.75, 3.05) is 38.5 Å². The Morgan fingerprint density at radius 1 is 1.09 bits per heavy atom. The molecule has 0 aliphatic carbocycles. The number of nitrogens with one attached hydrogen (secondary N) is 1. The molecule has 0 atom stereocenters. The first kappa shape index (κ1) is 22.6. The van der Waals surface area contributed by atoms with Gasteiger partial charge in [-0.1, -0.05) is 18.1 Å². The van der Waals surface area contributed by atoms with E-state index in [2.05, 4.69) is 44.0 Å². The van der Waals surface area contributed by atoms with E-state index in [4.69, 9.17) is 0 Å². The molecule has 4 aromatic rings. The van der Waals surface area contributed by atoms with Gasteiger partial charge in [0.15, 0.2) is 5.65 Å². The highest BCUT2D eigenvalue weighted by molar-refractivity contribution is 6.04. The van der Waals surface area contributed by atoms with Crippen LogP contribution < -0.4 is 5.32 Å². The quantitative estimate of drug-likeness (QED) is 0.450. The first-order valence-electron chi connectivity index (χ1n) is 11.5. The maximum Gasteiger partial charge on any atom is 0.255 e. The third-order valence-electron chi connectivity index (χ3n) is 6.11. The molecule has 1 saturated heterocycles. The molecular weight excluding hydrogens is 440 g/mol. The lowest BCUT2D eigenvalue weighted by atomic mass is 10.1. The summed E-state index contributed by atoms with van der Waals surface area (Å²) in [5.74, 6) is 6.09. The Bertz CT molecular complexity index is 1430. The van der Waals surface area contributed by atoms with Crippen LogP contribution in [0.3, 0.4) is 0 Å². The number of amides is 1. The van der Waals surface area contributed by atoms with E-state index in [1.54, 1.807) is 24.7 Å².